The molecule has 0 saturated heterocycles. The summed E-state index contributed by atoms with van der Waals surface area (Å²) in [6.45, 7) is 0.351. The van der Waals surface area contributed by atoms with Crippen LogP contribution in [-0.4, -0.2) is 12.8 Å². The van der Waals surface area contributed by atoms with E-state index in [2.05, 4.69) is 0 Å². The van der Waals surface area contributed by atoms with E-state index in [0.29, 0.717) is 6.61 Å². The minimum absolute atomic E-state index is 0.351. The Balaban J connectivity index is 2.50. The van der Waals surface area contributed by atoms with Crippen LogP contribution in [0.5, 0.6) is 5.75 Å². The highest BCUT2D eigenvalue weighted by molar-refractivity contribution is 5.54. The number of nitrogens with one attached hydrogen (secondary N) is 1. The smallest absolute Gasteiger partial charge is 0.123 e. The molecule has 2 nitrogen and oxygen atoms in total. The molecule has 0 aliphatic rings. The first-order chi connectivity index (χ1) is 4.93. The van der Waals surface area contributed by atoms with Gasteiger partial charge in [0.05, 0.1) is 0 Å². The van der Waals surface area contributed by atoms with Gasteiger partial charge in [-0.1, -0.05) is 18.2 Å². The van der Waals surface area contributed by atoms with Gasteiger partial charge in [-0.2, -0.15) is 0 Å². The Morgan fingerprint density at radius 2 is 2.00 bits per heavy atom. The molecule has 0 spiro atoms. The molecule has 0 aromatic heterocycles. The number of ether oxygens (including phenoxy) is 1. The summed E-state index contributed by atoms with van der Waals surface area (Å²) in [5, 5.41) is 6.70. The van der Waals surface area contributed by atoms with E-state index < -0.39 is 0 Å². The highest BCUT2D eigenvalue weighted by Crippen LogP contribution is 2.06. The van der Waals surface area contributed by atoms with Crippen molar-refractivity contribution in [2.75, 3.05) is 6.61 Å². The van der Waals surface area contributed by atoms with Gasteiger partial charge in [-0.15, -0.1) is 0 Å². The number of rotatable bonds is 3. The summed E-state index contributed by atoms with van der Waals surface area (Å²) in [6, 6.07) is 9.46. The summed E-state index contributed by atoms with van der Waals surface area (Å²) in [5.41, 5.74) is 0. The van der Waals surface area contributed by atoms with Crippen LogP contribution in [0.2, 0.25) is 0 Å². The van der Waals surface area contributed by atoms with Crippen LogP contribution in [0.4, 0.5) is 0 Å². The second-order valence-electron chi connectivity index (χ2n) is 1.83. The number of benzene rings is 1. The molecular formula is C8H9NO. The lowest BCUT2D eigenvalue weighted by Crippen LogP contribution is -1.96. The minimum atomic E-state index is 0.351. The first-order valence-corrected chi connectivity index (χ1v) is 3.10. The lowest BCUT2D eigenvalue weighted by molar-refractivity contribution is 0.380. The van der Waals surface area contributed by atoms with E-state index in [1.807, 2.05) is 30.3 Å². The predicted molar refractivity (Wildman–Crippen MR) is 40.7 cm³/mol. The Labute approximate surface area is 60.0 Å². The lowest BCUT2D eigenvalue weighted by Gasteiger charge is -1.99. The van der Waals surface area contributed by atoms with Gasteiger partial charge in [0.15, 0.2) is 0 Å². The van der Waals surface area contributed by atoms with E-state index in [1.165, 1.54) is 6.21 Å². The Morgan fingerprint density at radius 3 is 2.60 bits per heavy atom. The molecule has 52 valence electrons. The van der Waals surface area contributed by atoms with Crippen molar-refractivity contribution in [2.24, 2.45) is 0 Å². The molecule has 1 aromatic rings. The zero-order valence-corrected chi connectivity index (χ0v) is 5.58. The Hall–Kier alpha value is -1.31. The monoisotopic (exact) mass is 135 g/mol. The van der Waals surface area contributed by atoms with Crippen LogP contribution in [0.25, 0.3) is 0 Å². The van der Waals surface area contributed by atoms with Crippen molar-refractivity contribution in [1.82, 2.24) is 0 Å². The van der Waals surface area contributed by atoms with Crippen LogP contribution in [-0.2, 0) is 0 Å². The van der Waals surface area contributed by atoms with Crippen LogP contribution >= 0.6 is 0 Å². The molecule has 0 aliphatic heterocycles. The van der Waals surface area contributed by atoms with Crippen molar-refractivity contribution in [3.63, 3.8) is 0 Å². The van der Waals surface area contributed by atoms with Crippen molar-refractivity contribution in [2.45, 2.75) is 0 Å². The highest BCUT2D eigenvalue weighted by Gasteiger charge is 1.85. The lowest BCUT2D eigenvalue weighted by atomic mass is 10.3. The van der Waals surface area contributed by atoms with Crippen molar-refractivity contribution in [1.29, 1.82) is 5.41 Å². The summed E-state index contributed by atoms with van der Waals surface area (Å²) in [7, 11) is 0. The van der Waals surface area contributed by atoms with Gasteiger partial charge < -0.3 is 10.1 Å². The average Bonchev–Trinajstić information content (AvgIpc) is 2.03. The second kappa shape index (κ2) is 3.67. The van der Waals surface area contributed by atoms with Crippen molar-refractivity contribution in [3.05, 3.63) is 30.3 Å². The highest BCUT2D eigenvalue weighted by atomic mass is 16.5. The first kappa shape index (κ1) is 6.81. The van der Waals surface area contributed by atoms with Gasteiger partial charge in [-0.25, -0.2) is 0 Å². The fourth-order valence-electron chi connectivity index (χ4n) is 0.655. The normalized spacial score (nSPS) is 8.80. The van der Waals surface area contributed by atoms with E-state index >= 15 is 0 Å². The molecule has 0 fully saturated rings. The zero-order chi connectivity index (χ0) is 7.23. The topological polar surface area (TPSA) is 33.1 Å². The molecule has 0 radical (unpaired) electrons. The summed E-state index contributed by atoms with van der Waals surface area (Å²) in [4.78, 5) is 0. The maximum atomic E-state index is 6.70. The first-order valence-electron chi connectivity index (χ1n) is 3.10. The third kappa shape index (κ3) is 1.90. The van der Waals surface area contributed by atoms with Crippen LogP contribution in [0.3, 0.4) is 0 Å². The minimum Gasteiger partial charge on any atom is -0.488 e. The Morgan fingerprint density at radius 1 is 1.30 bits per heavy atom. The van der Waals surface area contributed by atoms with Crippen LogP contribution in [0, 0.1) is 5.41 Å². The largest absolute Gasteiger partial charge is 0.488 e. The van der Waals surface area contributed by atoms with Crippen molar-refractivity contribution < 1.29 is 4.74 Å². The van der Waals surface area contributed by atoms with Gasteiger partial charge in [-0.05, 0) is 12.1 Å². The fourth-order valence-corrected chi connectivity index (χ4v) is 0.655. The molecule has 1 N–H and O–H groups in total. The van der Waals surface area contributed by atoms with Crippen molar-refractivity contribution in [3.8, 4) is 5.75 Å². The standard InChI is InChI=1S/C8H9NO/c9-6-7-10-8-4-2-1-3-5-8/h1-6,9H,7H2. The van der Waals surface area contributed by atoms with Gasteiger partial charge >= 0.3 is 0 Å². The number of para-hydroxylation sites is 1. The van der Waals surface area contributed by atoms with Gasteiger partial charge in [0.2, 0.25) is 0 Å². The van der Waals surface area contributed by atoms with Crippen molar-refractivity contribution >= 4 is 6.21 Å². The molecule has 0 atom stereocenters. The van der Waals surface area contributed by atoms with E-state index in [-0.39, 0.29) is 0 Å². The molecule has 0 saturated carbocycles. The maximum absolute atomic E-state index is 6.70. The van der Waals surface area contributed by atoms with Gasteiger partial charge in [0.25, 0.3) is 0 Å². The number of hydrogen-bond acceptors (Lipinski definition) is 2. The quantitative estimate of drug-likeness (QED) is 0.629. The molecule has 10 heavy (non-hydrogen) atoms. The van der Waals surface area contributed by atoms with Gasteiger partial charge in [0.1, 0.15) is 12.4 Å². The summed E-state index contributed by atoms with van der Waals surface area (Å²) < 4.78 is 5.11. The maximum Gasteiger partial charge on any atom is 0.123 e. The molecule has 1 aromatic carbocycles. The zero-order valence-electron chi connectivity index (χ0n) is 5.58. The molecule has 0 aliphatic carbocycles. The summed E-state index contributed by atoms with van der Waals surface area (Å²) in [5.74, 6) is 0.811. The van der Waals surface area contributed by atoms with E-state index in [9.17, 15) is 0 Å². The molecular weight excluding hydrogens is 126 g/mol. The third-order valence-corrected chi connectivity index (χ3v) is 1.08. The van der Waals surface area contributed by atoms with Crippen LogP contribution in [0.15, 0.2) is 30.3 Å². The number of hydrogen-bond donors (Lipinski definition) is 1. The van der Waals surface area contributed by atoms with Crippen LogP contribution in [0.1, 0.15) is 0 Å². The third-order valence-electron chi connectivity index (χ3n) is 1.08. The molecule has 0 bridgehead atoms. The van der Waals surface area contributed by atoms with Gasteiger partial charge in [0, 0.05) is 6.21 Å². The second-order valence-corrected chi connectivity index (χ2v) is 1.83. The van der Waals surface area contributed by atoms with Crippen LogP contribution < -0.4 is 4.74 Å². The molecule has 0 amide bonds. The Kier molecular flexibility index (Phi) is 2.49. The summed E-state index contributed by atoms with van der Waals surface area (Å²) in [6.07, 6.45) is 1.23. The fraction of sp³-hybridized carbons (Fsp3) is 0.125. The Bertz CT molecular complexity index is 196. The SMILES string of the molecule is N=CCOc1ccccc1. The molecule has 1 rings (SSSR count). The molecule has 0 heterocycles. The molecule has 2 heteroatoms. The average molecular weight is 135 g/mol. The van der Waals surface area contributed by atoms with E-state index in [4.69, 9.17) is 10.1 Å². The summed E-state index contributed by atoms with van der Waals surface area (Å²) >= 11 is 0. The van der Waals surface area contributed by atoms with Gasteiger partial charge in [-0.3, -0.25) is 0 Å². The van der Waals surface area contributed by atoms with E-state index in [0.717, 1.165) is 5.75 Å². The van der Waals surface area contributed by atoms with E-state index in [1.54, 1.807) is 0 Å². The molecule has 0 unspecified atom stereocenters. The predicted octanol–water partition coefficient (Wildman–Crippen LogP) is 1.71.